The van der Waals surface area contributed by atoms with Crippen LogP contribution in [0.4, 0.5) is 4.79 Å². The number of hydrogen-bond acceptors (Lipinski definition) is 4. The monoisotopic (exact) mass is 283 g/mol. The van der Waals surface area contributed by atoms with Gasteiger partial charge in [-0.25, -0.2) is 9.78 Å². The van der Waals surface area contributed by atoms with Crippen molar-refractivity contribution in [3.63, 3.8) is 0 Å². The molecule has 1 unspecified atom stereocenters. The molecule has 7 heteroatoms. The van der Waals surface area contributed by atoms with Gasteiger partial charge in [-0.15, -0.1) is 11.3 Å². The van der Waals surface area contributed by atoms with Gasteiger partial charge in [0.05, 0.1) is 11.4 Å². The van der Waals surface area contributed by atoms with Crippen LogP contribution in [-0.4, -0.2) is 46.1 Å². The first-order chi connectivity index (χ1) is 9.16. The van der Waals surface area contributed by atoms with Gasteiger partial charge in [0.1, 0.15) is 0 Å². The SMILES string of the molecule is O=C(O)CC1CCCN1C(=O)NCCc1nccs1. The van der Waals surface area contributed by atoms with E-state index in [0.29, 0.717) is 19.5 Å². The van der Waals surface area contributed by atoms with E-state index in [0.717, 1.165) is 17.8 Å². The van der Waals surface area contributed by atoms with E-state index < -0.39 is 5.97 Å². The zero-order valence-corrected chi connectivity index (χ0v) is 11.4. The summed E-state index contributed by atoms with van der Waals surface area (Å²) in [5.74, 6) is -0.854. The number of hydrogen-bond donors (Lipinski definition) is 2. The van der Waals surface area contributed by atoms with Gasteiger partial charge in [0, 0.05) is 37.1 Å². The van der Waals surface area contributed by atoms with Gasteiger partial charge in [-0.05, 0) is 12.8 Å². The van der Waals surface area contributed by atoms with Crippen LogP contribution in [0.15, 0.2) is 11.6 Å². The van der Waals surface area contributed by atoms with Crippen LogP contribution in [0, 0.1) is 0 Å². The minimum absolute atomic E-state index is 0.0277. The van der Waals surface area contributed by atoms with E-state index in [4.69, 9.17) is 5.11 Å². The fourth-order valence-electron chi connectivity index (χ4n) is 2.27. The molecule has 19 heavy (non-hydrogen) atoms. The highest BCUT2D eigenvalue weighted by Gasteiger charge is 2.30. The number of urea groups is 1. The van der Waals surface area contributed by atoms with Crippen LogP contribution in [0.5, 0.6) is 0 Å². The normalized spacial score (nSPS) is 18.5. The van der Waals surface area contributed by atoms with Crippen molar-refractivity contribution >= 4 is 23.3 Å². The molecule has 1 saturated heterocycles. The van der Waals surface area contributed by atoms with E-state index in [1.54, 1.807) is 22.4 Å². The van der Waals surface area contributed by atoms with E-state index in [1.165, 1.54) is 0 Å². The molecule has 0 bridgehead atoms. The van der Waals surface area contributed by atoms with E-state index in [2.05, 4.69) is 10.3 Å². The Morgan fingerprint density at radius 3 is 3.11 bits per heavy atom. The van der Waals surface area contributed by atoms with Crippen LogP contribution < -0.4 is 5.32 Å². The lowest BCUT2D eigenvalue weighted by Gasteiger charge is -2.23. The number of carboxylic acids is 1. The molecule has 1 aliphatic heterocycles. The second-order valence-electron chi connectivity index (χ2n) is 4.50. The number of amides is 2. The van der Waals surface area contributed by atoms with Crippen molar-refractivity contribution in [2.75, 3.05) is 13.1 Å². The Hall–Kier alpha value is -1.63. The molecule has 2 rings (SSSR count). The van der Waals surface area contributed by atoms with Crippen LogP contribution >= 0.6 is 11.3 Å². The Bertz CT molecular complexity index is 435. The minimum atomic E-state index is -0.854. The van der Waals surface area contributed by atoms with Gasteiger partial charge in [0.15, 0.2) is 0 Å². The maximum atomic E-state index is 12.0. The van der Waals surface area contributed by atoms with Gasteiger partial charge in [-0.3, -0.25) is 4.79 Å². The first-order valence-electron chi connectivity index (χ1n) is 6.31. The predicted octanol–water partition coefficient (Wildman–Crippen LogP) is 1.33. The lowest BCUT2D eigenvalue weighted by Crippen LogP contribution is -2.44. The average molecular weight is 283 g/mol. The van der Waals surface area contributed by atoms with Crippen molar-refractivity contribution in [1.82, 2.24) is 15.2 Å². The molecule has 2 heterocycles. The van der Waals surface area contributed by atoms with Gasteiger partial charge in [0.25, 0.3) is 0 Å². The molecule has 0 radical (unpaired) electrons. The van der Waals surface area contributed by atoms with E-state index >= 15 is 0 Å². The van der Waals surface area contributed by atoms with Gasteiger partial charge < -0.3 is 15.3 Å². The van der Waals surface area contributed by atoms with Crippen LogP contribution in [0.3, 0.4) is 0 Å². The Kier molecular flexibility index (Phi) is 4.73. The summed E-state index contributed by atoms with van der Waals surface area (Å²) in [6.07, 6.45) is 4.12. The van der Waals surface area contributed by atoms with Crippen molar-refractivity contribution in [1.29, 1.82) is 0 Å². The first-order valence-corrected chi connectivity index (χ1v) is 7.19. The number of aliphatic carboxylic acids is 1. The summed E-state index contributed by atoms with van der Waals surface area (Å²) in [6, 6.07) is -0.335. The molecular formula is C12H17N3O3S. The molecule has 0 saturated carbocycles. The van der Waals surface area contributed by atoms with Crippen LogP contribution in [-0.2, 0) is 11.2 Å². The number of likely N-dealkylation sites (tertiary alicyclic amines) is 1. The fraction of sp³-hybridized carbons (Fsp3) is 0.583. The molecule has 1 fully saturated rings. The van der Waals surface area contributed by atoms with Gasteiger partial charge in [-0.2, -0.15) is 0 Å². The molecule has 1 aromatic heterocycles. The van der Waals surface area contributed by atoms with Gasteiger partial charge in [-0.1, -0.05) is 0 Å². The zero-order chi connectivity index (χ0) is 13.7. The molecule has 0 aromatic carbocycles. The molecule has 0 spiro atoms. The van der Waals surface area contributed by atoms with Crippen LogP contribution in [0.1, 0.15) is 24.3 Å². The number of thiazole rings is 1. The quantitative estimate of drug-likeness (QED) is 0.854. The lowest BCUT2D eigenvalue weighted by molar-refractivity contribution is -0.137. The zero-order valence-electron chi connectivity index (χ0n) is 10.5. The van der Waals surface area contributed by atoms with Crippen molar-refractivity contribution in [3.05, 3.63) is 16.6 Å². The molecule has 1 atom stereocenters. The molecule has 0 aliphatic carbocycles. The number of rotatable bonds is 5. The maximum Gasteiger partial charge on any atom is 0.317 e. The third-order valence-corrected chi connectivity index (χ3v) is 3.99. The van der Waals surface area contributed by atoms with Crippen molar-refractivity contribution in [2.45, 2.75) is 31.7 Å². The van der Waals surface area contributed by atoms with Crippen molar-refractivity contribution < 1.29 is 14.7 Å². The Morgan fingerprint density at radius 1 is 1.58 bits per heavy atom. The summed E-state index contributed by atoms with van der Waals surface area (Å²) in [5, 5.41) is 14.5. The highest BCUT2D eigenvalue weighted by atomic mass is 32.1. The molecule has 1 aromatic rings. The lowest BCUT2D eigenvalue weighted by atomic mass is 10.1. The number of aromatic nitrogens is 1. The van der Waals surface area contributed by atoms with Crippen molar-refractivity contribution in [3.8, 4) is 0 Å². The molecule has 2 N–H and O–H groups in total. The molecule has 104 valence electrons. The summed E-state index contributed by atoms with van der Waals surface area (Å²) in [5.41, 5.74) is 0. The summed E-state index contributed by atoms with van der Waals surface area (Å²) >= 11 is 1.56. The Balaban J connectivity index is 1.77. The third-order valence-electron chi connectivity index (χ3n) is 3.15. The number of nitrogens with one attached hydrogen (secondary N) is 1. The number of carboxylic acid groups (broad SMARTS) is 1. The molecule has 2 amide bonds. The summed E-state index contributed by atoms with van der Waals surface area (Å²) in [7, 11) is 0. The molecule has 1 aliphatic rings. The number of carbonyl (C=O) groups is 2. The summed E-state index contributed by atoms with van der Waals surface area (Å²) in [4.78, 5) is 28.5. The average Bonchev–Trinajstić information content (AvgIpc) is 2.99. The van der Waals surface area contributed by atoms with E-state index in [-0.39, 0.29) is 18.5 Å². The first kappa shape index (κ1) is 13.8. The largest absolute Gasteiger partial charge is 0.481 e. The standard InChI is InChI=1S/C12H17N3O3S/c16-11(17)8-9-2-1-6-15(9)12(18)14-4-3-10-13-5-7-19-10/h5,7,9H,1-4,6,8H2,(H,14,18)(H,16,17). The fourth-order valence-corrected chi connectivity index (χ4v) is 2.89. The molecule has 6 nitrogen and oxygen atoms in total. The summed E-state index contributed by atoms with van der Waals surface area (Å²) in [6.45, 7) is 1.17. The second-order valence-corrected chi connectivity index (χ2v) is 5.47. The van der Waals surface area contributed by atoms with Crippen LogP contribution in [0.25, 0.3) is 0 Å². The third kappa shape index (κ3) is 3.92. The predicted molar refractivity (Wildman–Crippen MR) is 71.2 cm³/mol. The Labute approximate surface area is 115 Å². The van der Waals surface area contributed by atoms with Gasteiger partial charge in [0.2, 0.25) is 0 Å². The highest BCUT2D eigenvalue weighted by Crippen LogP contribution is 2.19. The topological polar surface area (TPSA) is 82.5 Å². The van der Waals surface area contributed by atoms with Crippen molar-refractivity contribution in [2.24, 2.45) is 0 Å². The Morgan fingerprint density at radius 2 is 2.42 bits per heavy atom. The summed E-state index contributed by atoms with van der Waals surface area (Å²) < 4.78 is 0. The maximum absolute atomic E-state index is 12.0. The molecular weight excluding hydrogens is 266 g/mol. The van der Waals surface area contributed by atoms with E-state index in [1.807, 2.05) is 5.38 Å². The van der Waals surface area contributed by atoms with E-state index in [9.17, 15) is 9.59 Å². The van der Waals surface area contributed by atoms with Gasteiger partial charge >= 0.3 is 12.0 Å². The smallest absolute Gasteiger partial charge is 0.317 e. The number of carbonyl (C=O) groups excluding carboxylic acids is 1. The highest BCUT2D eigenvalue weighted by molar-refractivity contribution is 7.09. The number of nitrogens with zero attached hydrogens (tertiary/aromatic N) is 2. The minimum Gasteiger partial charge on any atom is -0.481 e. The van der Waals surface area contributed by atoms with Crippen LogP contribution in [0.2, 0.25) is 0 Å². The second kappa shape index (κ2) is 6.51.